The van der Waals surface area contributed by atoms with Crippen LogP contribution in [0.3, 0.4) is 0 Å². The molecule has 0 spiro atoms. The molecule has 14 heavy (non-hydrogen) atoms. The second kappa shape index (κ2) is 4.46. The summed E-state index contributed by atoms with van der Waals surface area (Å²) < 4.78 is 2.08. The SMILES string of the molecule is Nc1cn(CCC2CCNCC2)cn1. The van der Waals surface area contributed by atoms with Gasteiger partial charge < -0.3 is 15.6 Å². The Labute approximate surface area is 84.5 Å². The molecule has 0 aromatic carbocycles. The van der Waals surface area contributed by atoms with E-state index in [2.05, 4.69) is 14.9 Å². The number of hydrogen-bond acceptors (Lipinski definition) is 3. The molecule has 4 nitrogen and oxygen atoms in total. The van der Waals surface area contributed by atoms with E-state index in [-0.39, 0.29) is 0 Å². The molecule has 1 saturated heterocycles. The number of nitrogen functional groups attached to an aromatic ring is 1. The summed E-state index contributed by atoms with van der Waals surface area (Å²) in [5.74, 6) is 1.50. The van der Waals surface area contributed by atoms with E-state index < -0.39 is 0 Å². The number of rotatable bonds is 3. The average molecular weight is 194 g/mol. The summed E-state index contributed by atoms with van der Waals surface area (Å²) in [7, 11) is 0. The largest absolute Gasteiger partial charge is 0.382 e. The Hall–Kier alpha value is -1.03. The van der Waals surface area contributed by atoms with Gasteiger partial charge in [0.25, 0.3) is 0 Å². The summed E-state index contributed by atoms with van der Waals surface area (Å²) in [4.78, 5) is 4.01. The van der Waals surface area contributed by atoms with Crippen LogP contribution in [-0.4, -0.2) is 22.6 Å². The van der Waals surface area contributed by atoms with Crippen molar-refractivity contribution in [3.63, 3.8) is 0 Å². The Morgan fingerprint density at radius 2 is 2.29 bits per heavy atom. The fourth-order valence-electron chi connectivity index (χ4n) is 2.00. The number of imidazole rings is 1. The van der Waals surface area contributed by atoms with Gasteiger partial charge in [-0.15, -0.1) is 0 Å². The molecular weight excluding hydrogens is 176 g/mol. The van der Waals surface area contributed by atoms with Crippen LogP contribution in [-0.2, 0) is 6.54 Å². The summed E-state index contributed by atoms with van der Waals surface area (Å²) in [5.41, 5.74) is 5.55. The van der Waals surface area contributed by atoms with Gasteiger partial charge >= 0.3 is 0 Å². The number of aromatic nitrogens is 2. The number of aryl methyl sites for hydroxylation is 1. The highest BCUT2D eigenvalue weighted by Crippen LogP contribution is 2.16. The molecule has 0 unspecified atom stereocenters. The second-order valence-corrected chi connectivity index (χ2v) is 4.02. The first-order chi connectivity index (χ1) is 6.84. The number of anilines is 1. The number of nitrogens with two attached hydrogens (primary N) is 1. The predicted octanol–water partition coefficient (Wildman–Crippen LogP) is 0.855. The van der Waals surface area contributed by atoms with E-state index in [0.29, 0.717) is 5.82 Å². The van der Waals surface area contributed by atoms with Gasteiger partial charge in [-0.3, -0.25) is 0 Å². The first-order valence-electron chi connectivity index (χ1n) is 5.32. The van der Waals surface area contributed by atoms with E-state index in [1.807, 2.05) is 12.5 Å². The zero-order valence-corrected chi connectivity index (χ0v) is 8.45. The summed E-state index contributed by atoms with van der Waals surface area (Å²) in [6.45, 7) is 3.41. The first-order valence-corrected chi connectivity index (χ1v) is 5.32. The summed E-state index contributed by atoms with van der Waals surface area (Å²) in [6.07, 6.45) is 7.59. The average Bonchev–Trinajstić information content (AvgIpc) is 2.63. The molecule has 3 N–H and O–H groups in total. The topological polar surface area (TPSA) is 55.9 Å². The fourth-order valence-corrected chi connectivity index (χ4v) is 2.00. The van der Waals surface area contributed by atoms with Crippen LogP contribution in [0, 0.1) is 5.92 Å². The van der Waals surface area contributed by atoms with Crippen molar-refractivity contribution < 1.29 is 0 Å². The van der Waals surface area contributed by atoms with Crippen molar-refractivity contribution in [2.24, 2.45) is 5.92 Å². The van der Waals surface area contributed by atoms with Gasteiger partial charge in [-0.25, -0.2) is 4.98 Å². The normalized spacial score (nSPS) is 18.6. The van der Waals surface area contributed by atoms with E-state index in [1.165, 1.54) is 32.4 Å². The lowest BCUT2D eigenvalue weighted by atomic mass is 9.95. The van der Waals surface area contributed by atoms with Crippen LogP contribution in [0.4, 0.5) is 5.82 Å². The lowest BCUT2D eigenvalue weighted by molar-refractivity contribution is 0.338. The molecule has 1 aliphatic rings. The van der Waals surface area contributed by atoms with Crippen molar-refractivity contribution in [1.29, 1.82) is 0 Å². The Morgan fingerprint density at radius 1 is 1.50 bits per heavy atom. The van der Waals surface area contributed by atoms with Gasteiger partial charge in [0, 0.05) is 12.7 Å². The third-order valence-corrected chi connectivity index (χ3v) is 2.91. The molecule has 0 radical (unpaired) electrons. The van der Waals surface area contributed by atoms with Gasteiger partial charge in [0.2, 0.25) is 0 Å². The monoisotopic (exact) mass is 194 g/mol. The Bertz CT molecular complexity index is 275. The van der Waals surface area contributed by atoms with Crippen molar-refractivity contribution in [3.05, 3.63) is 12.5 Å². The van der Waals surface area contributed by atoms with Crippen molar-refractivity contribution in [2.45, 2.75) is 25.8 Å². The molecule has 1 aromatic heterocycles. The highest BCUT2D eigenvalue weighted by molar-refractivity contribution is 5.22. The number of hydrogen-bond donors (Lipinski definition) is 2. The molecule has 1 aromatic rings. The quantitative estimate of drug-likeness (QED) is 0.750. The highest BCUT2D eigenvalue weighted by Gasteiger charge is 2.12. The molecule has 0 saturated carbocycles. The van der Waals surface area contributed by atoms with Gasteiger partial charge in [-0.05, 0) is 38.3 Å². The molecule has 78 valence electrons. The molecule has 4 heteroatoms. The third kappa shape index (κ3) is 2.48. The number of piperidine rings is 1. The Balaban J connectivity index is 1.76. The predicted molar refractivity (Wildman–Crippen MR) is 56.9 cm³/mol. The van der Waals surface area contributed by atoms with Crippen molar-refractivity contribution in [3.8, 4) is 0 Å². The van der Waals surface area contributed by atoms with E-state index >= 15 is 0 Å². The van der Waals surface area contributed by atoms with Crippen molar-refractivity contribution in [1.82, 2.24) is 14.9 Å². The van der Waals surface area contributed by atoms with E-state index in [4.69, 9.17) is 5.73 Å². The number of nitrogens with zero attached hydrogens (tertiary/aromatic N) is 2. The maximum absolute atomic E-state index is 5.55. The standard InChI is InChI=1S/C10H18N4/c11-10-7-14(8-13-10)6-3-9-1-4-12-5-2-9/h7-9,12H,1-6,11H2. The minimum Gasteiger partial charge on any atom is -0.382 e. The van der Waals surface area contributed by atoms with E-state index in [1.54, 1.807) is 0 Å². The van der Waals surface area contributed by atoms with Gasteiger partial charge in [-0.2, -0.15) is 0 Å². The van der Waals surface area contributed by atoms with Gasteiger partial charge in [-0.1, -0.05) is 0 Å². The second-order valence-electron chi connectivity index (χ2n) is 4.02. The maximum Gasteiger partial charge on any atom is 0.141 e. The summed E-state index contributed by atoms with van der Waals surface area (Å²) in [5, 5.41) is 3.38. The van der Waals surface area contributed by atoms with Crippen LogP contribution in [0.5, 0.6) is 0 Å². The molecule has 0 bridgehead atoms. The number of nitrogens with one attached hydrogen (secondary N) is 1. The van der Waals surface area contributed by atoms with E-state index in [0.717, 1.165) is 12.5 Å². The molecule has 2 heterocycles. The van der Waals surface area contributed by atoms with Crippen LogP contribution < -0.4 is 11.1 Å². The third-order valence-electron chi connectivity index (χ3n) is 2.91. The van der Waals surface area contributed by atoms with Crippen molar-refractivity contribution >= 4 is 5.82 Å². The molecule has 0 aliphatic carbocycles. The van der Waals surface area contributed by atoms with Crippen LogP contribution in [0.1, 0.15) is 19.3 Å². The van der Waals surface area contributed by atoms with Crippen LogP contribution in [0.25, 0.3) is 0 Å². The molecular formula is C10H18N4. The zero-order valence-electron chi connectivity index (χ0n) is 8.45. The highest BCUT2D eigenvalue weighted by atomic mass is 15.1. The summed E-state index contributed by atoms with van der Waals surface area (Å²) in [6, 6.07) is 0. The zero-order chi connectivity index (χ0) is 9.80. The lowest BCUT2D eigenvalue weighted by Gasteiger charge is -2.22. The van der Waals surface area contributed by atoms with Crippen LogP contribution in [0.2, 0.25) is 0 Å². The van der Waals surface area contributed by atoms with Gasteiger partial charge in [0.05, 0.1) is 6.33 Å². The first kappa shape index (κ1) is 9.52. The minimum atomic E-state index is 0.621. The van der Waals surface area contributed by atoms with Crippen molar-refractivity contribution in [2.75, 3.05) is 18.8 Å². The van der Waals surface area contributed by atoms with Crippen LogP contribution in [0.15, 0.2) is 12.5 Å². The molecule has 0 atom stereocenters. The minimum absolute atomic E-state index is 0.621. The molecule has 1 aliphatic heterocycles. The van der Waals surface area contributed by atoms with Gasteiger partial charge in [0.15, 0.2) is 0 Å². The maximum atomic E-state index is 5.55. The molecule has 0 amide bonds. The Morgan fingerprint density at radius 3 is 2.93 bits per heavy atom. The smallest absolute Gasteiger partial charge is 0.141 e. The fraction of sp³-hybridized carbons (Fsp3) is 0.700. The molecule has 2 rings (SSSR count). The van der Waals surface area contributed by atoms with Gasteiger partial charge in [0.1, 0.15) is 5.82 Å². The molecule has 1 fully saturated rings. The summed E-state index contributed by atoms with van der Waals surface area (Å²) >= 11 is 0. The van der Waals surface area contributed by atoms with E-state index in [9.17, 15) is 0 Å². The van der Waals surface area contributed by atoms with Crippen LogP contribution >= 0.6 is 0 Å². The lowest BCUT2D eigenvalue weighted by Crippen LogP contribution is -2.28. The Kier molecular flexibility index (Phi) is 3.03.